The predicted octanol–water partition coefficient (Wildman–Crippen LogP) is 1.76. The van der Waals surface area contributed by atoms with Gasteiger partial charge in [0.1, 0.15) is 0 Å². The lowest BCUT2D eigenvalue weighted by Gasteiger charge is -2.25. The Bertz CT molecular complexity index is 432. The minimum atomic E-state index is -1.10. The van der Waals surface area contributed by atoms with E-state index in [4.69, 9.17) is 5.11 Å². The molecule has 21 heavy (non-hydrogen) atoms. The Hall–Kier alpha value is -1.59. The van der Waals surface area contributed by atoms with Crippen LogP contribution in [-0.2, 0) is 6.42 Å². The van der Waals surface area contributed by atoms with Crippen LogP contribution in [0.25, 0.3) is 0 Å². The normalized spacial score (nSPS) is 18.3. The smallest absolute Gasteiger partial charge is 0.404 e. The molecular formula is C16H24N2O3. The number of aliphatic hydroxyl groups is 1. The van der Waals surface area contributed by atoms with Crippen LogP contribution < -0.4 is 10.6 Å². The second kappa shape index (κ2) is 8.00. The SMILES string of the molecule is O=C(O)N[C@@H](Cc1ccccc1)[C@@H](O)CNC1CCCC1. The van der Waals surface area contributed by atoms with Gasteiger partial charge < -0.3 is 20.8 Å². The zero-order chi connectivity index (χ0) is 15.1. The lowest BCUT2D eigenvalue weighted by Crippen LogP contribution is -2.49. The standard InChI is InChI=1S/C16H24N2O3/c19-15(11-17-13-8-4-5-9-13)14(18-16(20)21)10-12-6-2-1-3-7-12/h1-3,6-7,13-15,17-19H,4-5,8-11H2,(H,20,21)/t14-,15-/m0/s1. The van der Waals surface area contributed by atoms with E-state index in [1.54, 1.807) is 0 Å². The van der Waals surface area contributed by atoms with Crippen molar-refractivity contribution in [1.29, 1.82) is 0 Å². The second-order valence-corrected chi connectivity index (χ2v) is 5.70. The number of carboxylic acid groups (broad SMARTS) is 1. The molecule has 1 saturated carbocycles. The second-order valence-electron chi connectivity index (χ2n) is 5.70. The average Bonchev–Trinajstić information content (AvgIpc) is 2.98. The lowest BCUT2D eigenvalue weighted by atomic mass is 10.0. The van der Waals surface area contributed by atoms with Gasteiger partial charge in [-0.15, -0.1) is 0 Å². The van der Waals surface area contributed by atoms with Gasteiger partial charge in [0, 0.05) is 12.6 Å². The summed E-state index contributed by atoms with van der Waals surface area (Å²) in [5.74, 6) is 0. The molecule has 4 N–H and O–H groups in total. The molecule has 1 amide bonds. The van der Waals surface area contributed by atoms with Crippen molar-refractivity contribution in [3.8, 4) is 0 Å². The van der Waals surface area contributed by atoms with Gasteiger partial charge in [0.05, 0.1) is 12.1 Å². The third-order valence-electron chi connectivity index (χ3n) is 4.04. The first-order chi connectivity index (χ1) is 10.1. The molecule has 1 aliphatic carbocycles. The van der Waals surface area contributed by atoms with Gasteiger partial charge >= 0.3 is 6.09 Å². The first kappa shape index (κ1) is 15.8. The monoisotopic (exact) mass is 292 g/mol. The molecule has 0 bridgehead atoms. The van der Waals surface area contributed by atoms with Crippen LogP contribution in [0, 0.1) is 0 Å². The molecule has 0 saturated heterocycles. The van der Waals surface area contributed by atoms with Gasteiger partial charge in [-0.25, -0.2) is 4.79 Å². The fraction of sp³-hybridized carbons (Fsp3) is 0.562. The molecule has 0 aromatic heterocycles. The van der Waals surface area contributed by atoms with Gasteiger partial charge in [-0.3, -0.25) is 0 Å². The maximum absolute atomic E-state index is 10.9. The van der Waals surface area contributed by atoms with Crippen molar-refractivity contribution in [3.63, 3.8) is 0 Å². The largest absolute Gasteiger partial charge is 0.465 e. The van der Waals surface area contributed by atoms with Crippen molar-refractivity contribution in [2.45, 2.75) is 50.3 Å². The molecule has 2 atom stereocenters. The maximum atomic E-state index is 10.9. The van der Waals surface area contributed by atoms with Crippen LogP contribution in [-0.4, -0.2) is 41.0 Å². The van der Waals surface area contributed by atoms with E-state index in [2.05, 4.69) is 10.6 Å². The summed E-state index contributed by atoms with van der Waals surface area (Å²) < 4.78 is 0. The third kappa shape index (κ3) is 5.36. The van der Waals surface area contributed by atoms with Crippen LogP contribution in [0.3, 0.4) is 0 Å². The number of nitrogens with one attached hydrogen (secondary N) is 2. The quantitative estimate of drug-likeness (QED) is 0.617. The molecule has 1 fully saturated rings. The number of hydrogen-bond acceptors (Lipinski definition) is 3. The first-order valence-electron chi connectivity index (χ1n) is 7.60. The summed E-state index contributed by atoms with van der Waals surface area (Å²) in [7, 11) is 0. The van der Waals surface area contributed by atoms with E-state index >= 15 is 0 Å². The number of hydrogen-bond donors (Lipinski definition) is 4. The Morgan fingerprint density at radius 2 is 1.90 bits per heavy atom. The molecule has 116 valence electrons. The van der Waals surface area contributed by atoms with E-state index in [0.29, 0.717) is 19.0 Å². The summed E-state index contributed by atoms with van der Waals surface area (Å²) in [4.78, 5) is 10.9. The highest BCUT2D eigenvalue weighted by atomic mass is 16.4. The van der Waals surface area contributed by atoms with Crippen molar-refractivity contribution >= 4 is 6.09 Å². The zero-order valence-electron chi connectivity index (χ0n) is 12.2. The van der Waals surface area contributed by atoms with Gasteiger partial charge in [-0.2, -0.15) is 0 Å². The van der Waals surface area contributed by atoms with E-state index in [1.165, 1.54) is 12.8 Å². The Morgan fingerprint density at radius 3 is 2.52 bits per heavy atom. The van der Waals surface area contributed by atoms with Gasteiger partial charge in [0.15, 0.2) is 0 Å². The van der Waals surface area contributed by atoms with Crippen LogP contribution in [0.5, 0.6) is 0 Å². The number of amides is 1. The number of benzene rings is 1. The van der Waals surface area contributed by atoms with Gasteiger partial charge in [0.2, 0.25) is 0 Å². The highest BCUT2D eigenvalue weighted by Gasteiger charge is 2.23. The molecule has 2 rings (SSSR count). The van der Waals surface area contributed by atoms with Gasteiger partial charge in [0.25, 0.3) is 0 Å². The van der Waals surface area contributed by atoms with Crippen molar-refractivity contribution < 1.29 is 15.0 Å². The van der Waals surface area contributed by atoms with E-state index in [1.807, 2.05) is 30.3 Å². The van der Waals surface area contributed by atoms with Crippen LogP contribution in [0.15, 0.2) is 30.3 Å². The minimum Gasteiger partial charge on any atom is -0.465 e. The molecule has 0 aliphatic heterocycles. The Morgan fingerprint density at radius 1 is 1.24 bits per heavy atom. The maximum Gasteiger partial charge on any atom is 0.404 e. The topological polar surface area (TPSA) is 81.6 Å². The molecular weight excluding hydrogens is 268 g/mol. The predicted molar refractivity (Wildman–Crippen MR) is 81.4 cm³/mol. The fourth-order valence-corrected chi connectivity index (χ4v) is 2.87. The summed E-state index contributed by atoms with van der Waals surface area (Å²) in [6.07, 6.45) is 3.40. The Balaban J connectivity index is 1.89. The van der Waals surface area contributed by atoms with Gasteiger partial charge in [-0.05, 0) is 24.8 Å². The molecule has 1 aromatic carbocycles. The number of aliphatic hydroxyl groups excluding tert-OH is 1. The van der Waals surface area contributed by atoms with E-state index < -0.39 is 18.2 Å². The van der Waals surface area contributed by atoms with E-state index in [0.717, 1.165) is 18.4 Å². The number of rotatable bonds is 7. The van der Waals surface area contributed by atoms with Crippen LogP contribution in [0.4, 0.5) is 4.79 Å². The summed E-state index contributed by atoms with van der Waals surface area (Å²) in [5.41, 5.74) is 1.01. The van der Waals surface area contributed by atoms with Crippen molar-refractivity contribution in [2.75, 3.05) is 6.54 Å². The summed E-state index contributed by atoms with van der Waals surface area (Å²) in [6, 6.07) is 9.58. The zero-order valence-corrected chi connectivity index (χ0v) is 12.2. The molecule has 5 nitrogen and oxygen atoms in total. The third-order valence-corrected chi connectivity index (χ3v) is 4.04. The Labute approximate surface area is 125 Å². The van der Waals surface area contributed by atoms with Crippen molar-refractivity contribution in [3.05, 3.63) is 35.9 Å². The van der Waals surface area contributed by atoms with Crippen LogP contribution in [0.2, 0.25) is 0 Å². The van der Waals surface area contributed by atoms with E-state index in [9.17, 15) is 9.90 Å². The molecule has 1 aromatic rings. The van der Waals surface area contributed by atoms with E-state index in [-0.39, 0.29) is 0 Å². The number of carbonyl (C=O) groups is 1. The van der Waals surface area contributed by atoms with Gasteiger partial charge in [-0.1, -0.05) is 43.2 Å². The summed E-state index contributed by atoms with van der Waals surface area (Å²) in [5, 5.41) is 25.0. The highest BCUT2D eigenvalue weighted by molar-refractivity contribution is 5.65. The van der Waals surface area contributed by atoms with Crippen LogP contribution in [0.1, 0.15) is 31.2 Å². The average molecular weight is 292 g/mol. The molecule has 1 aliphatic rings. The summed E-state index contributed by atoms with van der Waals surface area (Å²) >= 11 is 0. The molecule has 5 heteroatoms. The van der Waals surface area contributed by atoms with Crippen molar-refractivity contribution in [2.24, 2.45) is 0 Å². The highest BCUT2D eigenvalue weighted by Crippen LogP contribution is 2.17. The molecule has 0 unspecified atom stereocenters. The summed E-state index contributed by atoms with van der Waals surface area (Å²) in [6.45, 7) is 0.419. The fourth-order valence-electron chi connectivity index (χ4n) is 2.87. The Kier molecular flexibility index (Phi) is 6.02. The first-order valence-corrected chi connectivity index (χ1v) is 7.60. The molecule has 0 spiro atoms. The van der Waals surface area contributed by atoms with Crippen molar-refractivity contribution in [1.82, 2.24) is 10.6 Å². The lowest BCUT2D eigenvalue weighted by molar-refractivity contribution is 0.115. The molecule has 0 radical (unpaired) electrons. The van der Waals surface area contributed by atoms with Crippen LogP contribution >= 0.6 is 0 Å². The minimum absolute atomic E-state index is 0.419. The molecule has 0 heterocycles.